The minimum Gasteiger partial charge on any atom is -0.507 e. The van der Waals surface area contributed by atoms with Gasteiger partial charge in [-0.1, -0.05) is 0 Å². The molecule has 0 atom stereocenters. The van der Waals surface area contributed by atoms with Gasteiger partial charge in [-0.3, -0.25) is 0 Å². The highest BCUT2D eigenvalue weighted by molar-refractivity contribution is 5.51. The van der Waals surface area contributed by atoms with E-state index in [0.29, 0.717) is 22.3 Å². The summed E-state index contributed by atoms with van der Waals surface area (Å²) in [6, 6.07) is 7.42. The predicted molar refractivity (Wildman–Crippen MR) is 141 cm³/mol. The minimum absolute atomic E-state index is 0.0742. The zero-order chi connectivity index (χ0) is 27.4. The molecule has 0 saturated heterocycles. The van der Waals surface area contributed by atoms with Gasteiger partial charge in [-0.25, -0.2) is 0 Å². The van der Waals surface area contributed by atoms with Crippen molar-refractivity contribution < 1.29 is 30.6 Å². The summed E-state index contributed by atoms with van der Waals surface area (Å²) in [5, 5.41) is 64.3. The fraction of sp³-hybridized carbons (Fsp3) is 0.600. The van der Waals surface area contributed by atoms with Crippen LogP contribution in [0.25, 0.3) is 0 Å². The average molecular weight is 501 g/mol. The lowest BCUT2D eigenvalue weighted by Crippen LogP contribution is -2.23. The van der Waals surface area contributed by atoms with Gasteiger partial charge in [0.15, 0.2) is 0 Å². The molecule has 0 bridgehead atoms. The van der Waals surface area contributed by atoms with Crippen molar-refractivity contribution in [1.82, 2.24) is 0 Å². The first-order valence-corrected chi connectivity index (χ1v) is 12.9. The molecule has 1 saturated carbocycles. The highest BCUT2D eigenvalue weighted by atomic mass is 16.3. The number of phenolic OH excluding ortho intramolecular Hbond substituents is 2. The summed E-state index contributed by atoms with van der Waals surface area (Å²) < 4.78 is 0. The fourth-order valence-corrected chi connectivity index (χ4v) is 5.41. The average Bonchev–Trinajstić information content (AvgIpc) is 2.71. The van der Waals surface area contributed by atoms with E-state index in [-0.39, 0.29) is 23.3 Å². The van der Waals surface area contributed by atoms with Gasteiger partial charge in [0.1, 0.15) is 11.5 Å². The van der Waals surface area contributed by atoms with Crippen molar-refractivity contribution in [2.45, 2.75) is 115 Å². The summed E-state index contributed by atoms with van der Waals surface area (Å²) in [6.45, 7) is 13.0. The Bertz CT molecular complexity index is 939. The van der Waals surface area contributed by atoms with Crippen LogP contribution in [0.2, 0.25) is 0 Å². The Hall–Kier alpha value is -2.12. The number of rotatable bonds is 6. The van der Waals surface area contributed by atoms with E-state index in [0.717, 1.165) is 36.8 Å². The van der Waals surface area contributed by atoms with Crippen LogP contribution in [0.3, 0.4) is 0 Å². The Kier molecular flexibility index (Phi) is 7.37. The Morgan fingerprint density at radius 1 is 0.472 bits per heavy atom. The molecule has 0 unspecified atom stereocenters. The molecule has 200 valence electrons. The normalized spacial score (nSPS) is 20.0. The van der Waals surface area contributed by atoms with Crippen LogP contribution >= 0.6 is 0 Å². The van der Waals surface area contributed by atoms with E-state index in [1.807, 2.05) is 24.3 Å². The number of aromatic hydroxyl groups is 2. The maximum atomic E-state index is 10.8. The van der Waals surface area contributed by atoms with Gasteiger partial charge in [0.2, 0.25) is 0 Å². The Balaban J connectivity index is 1.95. The smallest absolute Gasteiger partial charge is 0.127 e. The molecule has 6 nitrogen and oxygen atoms in total. The molecule has 0 heterocycles. The highest BCUT2D eigenvalue weighted by Crippen LogP contribution is 2.47. The van der Waals surface area contributed by atoms with Crippen molar-refractivity contribution in [3.05, 3.63) is 57.6 Å². The van der Waals surface area contributed by atoms with Crippen molar-refractivity contribution >= 4 is 0 Å². The molecular weight excluding hydrogens is 456 g/mol. The molecule has 3 rings (SSSR count). The zero-order valence-corrected chi connectivity index (χ0v) is 23.0. The van der Waals surface area contributed by atoms with Gasteiger partial charge >= 0.3 is 0 Å². The lowest BCUT2D eigenvalue weighted by molar-refractivity contribution is 0.0648. The van der Waals surface area contributed by atoms with Crippen LogP contribution in [-0.4, -0.2) is 30.6 Å². The first-order chi connectivity index (χ1) is 16.2. The highest BCUT2D eigenvalue weighted by Gasteiger charge is 2.34. The summed E-state index contributed by atoms with van der Waals surface area (Å²) in [5.41, 5.74) is -1.45. The van der Waals surface area contributed by atoms with Crippen LogP contribution in [0.4, 0.5) is 0 Å². The van der Waals surface area contributed by atoms with Gasteiger partial charge in [0, 0.05) is 22.3 Å². The number of hydrogen-bond donors (Lipinski definition) is 6. The Labute approximate surface area is 215 Å². The maximum absolute atomic E-state index is 10.8. The van der Waals surface area contributed by atoms with Gasteiger partial charge in [0.05, 0.1) is 22.4 Å². The van der Waals surface area contributed by atoms with Gasteiger partial charge in [-0.15, -0.1) is 0 Å². The lowest BCUT2D eigenvalue weighted by atomic mass is 9.73. The summed E-state index contributed by atoms with van der Waals surface area (Å²) in [7, 11) is 0. The molecule has 1 fully saturated rings. The van der Waals surface area contributed by atoms with Crippen LogP contribution in [0.5, 0.6) is 11.5 Å². The van der Waals surface area contributed by atoms with Gasteiger partial charge < -0.3 is 30.6 Å². The van der Waals surface area contributed by atoms with Crippen molar-refractivity contribution in [2.75, 3.05) is 0 Å². The molecule has 0 aromatic heterocycles. The molecule has 1 aliphatic carbocycles. The number of aliphatic hydroxyl groups is 4. The van der Waals surface area contributed by atoms with E-state index in [4.69, 9.17) is 0 Å². The third-order valence-corrected chi connectivity index (χ3v) is 7.57. The standard InChI is InChI=1S/C30H44O6/c1-27(2,33)21-13-19(14-22(25(21)31)28(3,4)34)17-9-11-18(12-10-17)20-15-23(29(5,6)35)26(32)24(16-20)30(7,8)36/h13-18,31-36H,9-12H2,1-8H3. The minimum atomic E-state index is -1.26. The summed E-state index contributed by atoms with van der Waals surface area (Å²) in [5.74, 6) is 0.247. The van der Waals surface area contributed by atoms with E-state index < -0.39 is 22.4 Å². The van der Waals surface area contributed by atoms with Gasteiger partial charge in [-0.05, 0) is 128 Å². The number of phenols is 2. The lowest BCUT2D eigenvalue weighted by Gasteiger charge is -2.33. The second kappa shape index (κ2) is 9.32. The zero-order valence-electron chi connectivity index (χ0n) is 23.0. The van der Waals surface area contributed by atoms with Crippen molar-refractivity contribution in [3.8, 4) is 11.5 Å². The van der Waals surface area contributed by atoms with E-state index in [9.17, 15) is 30.6 Å². The first kappa shape index (κ1) is 28.5. The summed E-state index contributed by atoms with van der Waals surface area (Å²) >= 11 is 0. The molecule has 0 spiro atoms. The second-order valence-corrected chi connectivity index (χ2v) is 12.7. The number of benzene rings is 2. The van der Waals surface area contributed by atoms with Crippen LogP contribution in [0.15, 0.2) is 24.3 Å². The summed E-state index contributed by atoms with van der Waals surface area (Å²) in [4.78, 5) is 0. The predicted octanol–water partition coefficient (Wildman–Crippen LogP) is 5.45. The van der Waals surface area contributed by atoms with E-state index in [1.54, 1.807) is 55.4 Å². The van der Waals surface area contributed by atoms with Crippen molar-refractivity contribution in [3.63, 3.8) is 0 Å². The molecular formula is C30H44O6. The molecule has 2 aromatic rings. The third-order valence-electron chi connectivity index (χ3n) is 7.57. The quantitative estimate of drug-likeness (QED) is 0.314. The van der Waals surface area contributed by atoms with Gasteiger partial charge in [0.25, 0.3) is 0 Å². The topological polar surface area (TPSA) is 121 Å². The van der Waals surface area contributed by atoms with Crippen LogP contribution < -0.4 is 0 Å². The molecule has 0 radical (unpaired) electrons. The molecule has 0 amide bonds. The number of hydrogen-bond acceptors (Lipinski definition) is 6. The molecule has 6 heteroatoms. The monoisotopic (exact) mass is 500 g/mol. The Morgan fingerprint density at radius 2 is 0.667 bits per heavy atom. The fourth-order valence-electron chi connectivity index (χ4n) is 5.41. The van der Waals surface area contributed by atoms with E-state index in [2.05, 4.69) is 0 Å². The van der Waals surface area contributed by atoms with Crippen molar-refractivity contribution in [2.24, 2.45) is 0 Å². The molecule has 0 aliphatic heterocycles. The van der Waals surface area contributed by atoms with Crippen molar-refractivity contribution in [1.29, 1.82) is 0 Å². The molecule has 2 aromatic carbocycles. The van der Waals surface area contributed by atoms with Gasteiger partial charge in [-0.2, -0.15) is 0 Å². The van der Waals surface area contributed by atoms with Crippen LogP contribution in [0, 0.1) is 0 Å². The van der Waals surface area contributed by atoms with Crippen LogP contribution in [0.1, 0.15) is 126 Å². The molecule has 6 N–H and O–H groups in total. The molecule has 36 heavy (non-hydrogen) atoms. The Morgan fingerprint density at radius 3 is 0.833 bits per heavy atom. The summed E-state index contributed by atoms with van der Waals surface area (Å²) in [6.07, 6.45) is 3.45. The van der Waals surface area contributed by atoms with Crippen LogP contribution in [-0.2, 0) is 22.4 Å². The largest absolute Gasteiger partial charge is 0.507 e. The SMILES string of the molecule is CC(C)(O)c1cc(C2CCC(c3cc(C(C)(C)O)c(O)c(C(C)(C)O)c3)CC2)cc(C(C)(C)O)c1O. The second-order valence-electron chi connectivity index (χ2n) is 12.7. The third kappa shape index (κ3) is 5.88. The van der Waals surface area contributed by atoms with E-state index >= 15 is 0 Å². The molecule has 1 aliphatic rings. The maximum Gasteiger partial charge on any atom is 0.127 e. The first-order valence-electron chi connectivity index (χ1n) is 12.9. The van der Waals surface area contributed by atoms with E-state index in [1.165, 1.54) is 0 Å².